The Morgan fingerprint density at radius 1 is 1.32 bits per heavy atom. The zero-order chi connectivity index (χ0) is 15.4. The largest absolute Gasteiger partial charge is 0.370 e. The topological polar surface area (TPSA) is 50.2 Å². The Morgan fingerprint density at radius 3 is 2.82 bits per heavy atom. The van der Waals surface area contributed by atoms with Crippen molar-refractivity contribution < 1.29 is 4.79 Å². The molecule has 1 aliphatic heterocycles. The molecule has 1 N–H and O–H groups in total. The minimum absolute atomic E-state index is 0.109. The SMILES string of the molecule is O=C(NCCn1cccn1)c1ccc(N2CCCC2)c(Cl)c1. The fourth-order valence-electron chi connectivity index (χ4n) is 2.68. The van der Waals surface area contributed by atoms with Crippen molar-refractivity contribution in [3.05, 3.63) is 47.2 Å². The number of rotatable bonds is 5. The summed E-state index contributed by atoms with van der Waals surface area (Å²) in [6.45, 7) is 3.26. The second kappa shape index (κ2) is 6.83. The lowest BCUT2D eigenvalue weighted by Gasteiger charge is -2.19. The summed E-state index contributed by atoms with van der Waals surface area (Å²) < 4.78 is 1.78. The first-order valence-electron chi connectivity index (χ1n) is 7.54. The molecule has 0 aliphatic carbocycles. The summed E-state index contributed by atoms with van der Waals surface area (Å²) in [6.07, 6.45) is 5.99. The number of amides is 1. The summed E-state index contributed by atoms with van der Waals surface area (Å²) in [5.41, 5.74) is 1.61. The molecule has 2 heterocycles. The van der Waals surface area contributed by atoms with Crippen molar-refractivity contribution in [3.63, 3.8) is 0 Å². The van der Waals surface area contributed by atoms with Crippen LogP contribution in [0.3, 0.4) is 0 Å². The van der Waals surface area contributed by atoms with Gasteiger partial charge in [-0.3, -0.25) is 9.48 Å². The summed E-state index contributed by atoms with van der Waals surface area (Å²) in [4.78, 5) is 14.4. The maximum atomic E-state index is 12.1. The quantitative estimate of drug-likeness (QED) is 0.922. The molecule has 0 unspecified atom stereocenters. The molecule has 1 amide bonds. The summed E-state index contributed by atoms with van der Waals surface area (Å²) in [5, 5.41) is 7.62. The van der Waals surface area contributed by atoms with Crippen LogP contribution >= 0.6 is 11.6 Å². The van der Waals surface area contributed by atoms with Crippen LogP contribution in [0.25, 0.3) is 0 Å². The minimum atomic E-state index is -0.109. The van der Waals surface area contributed by atoms with E-state index in [4.69, 9.17) is 11.6 Å². The van der Waals surface area contributed by atoms with Crippen LogP contribution in [0.1, 0.15) is 23.2 Å². The van der Waals surface area contributed by atoms with Gasteiger partial charge in [0.15, 0.2) is 0 Å². The maximum absolute atomic E-state index is 12.1. The second-order valence-electron chi connectivity index (χ2n) is 5.39. The number of halogens is 1. The van der Waals surface area contributed by atoms with E-state index in [0.29, 0.717) is 23.7 Å². The Hall–Kier alpha value is -2.01. The Kier molecular flexibility index (Phi) is 4.63. The van der Waals surface area contributed by atoms with E-state index in [2.05, 4.69) is 15.3 Å². The first kappa shape index (κ1) is 14.9. The fourth-order valence-corrected chi connectivity index (χ4v) is 2.98. The number of nitrogens with zero attached hydrogens (tertiary/aromatic N) is 3. The highest BCUT2D eigenvalue weighted by Crippen LogP contribution is 2.29. The number of hydrogen-bond donors (Lipinski definition) is 1. The van der Waals surface area contributed by atoms with Crippen molar-refractivity contribution in [1.82, 2.24) is 15.1 Å². The Labute approximate surface area is 134 Å². The fraction of sp³-hybridized carbons (Fsp3) is 0.375. The van der Waals surface area contributed by atoms with Crippen LogP contribution in [0.2, 0.25) is 5.02 Å². The lowest BCUT2D eigenvalue weighted by molar-refractivity contribution is 0.0952. The summed E-state index contributed by atoms with van der Waals surface area (Å²) >= 11 is 6.33. The molecule has 22 heavy (non-hydrogen) atoms. The van der Waals surface area contributed by atoms with E-state index in [1.165, 1.54) is 12.8 Å². The molecular weight excluding hydrogens is 300 g/mol. The molecule has 116 valence electrons. The molecule has 2 aromatic rings. The van der Waals surface area contributed by atoms with E-state index in [-0.39, 0.29) is 5.91 Å². The Bertz CT molecular complexity index is 636. The molecule has 1 aliphatic rings. The predicted octanol–water partition coefficient (Wildman–Crippen LogP) is 2.57. The van der Waals surface area contributed by atoms with E-state index in [1.54, 1.807) is 16.9 Å². The van der Waals surface area contributed by atoms with Crippen LogP contribution in [0, 0.1) is 0 Å². The monoisotopic (exact) mass is 318 g/mol. The van der Waals surface area contributed by atoms with Gasteiger partial charge in [-0.1, -0.05) is 11.6 Å². The molecule has 6 heteroatoms. The number of carbonyl (C=O) groups excluding carboxylic acids is 1. The summed E-state index contributed by atoms with van der Waals surface area (Å²) in [6, 6.07) is 7.38. The van der Waals surface area contributed by atoms with Gasteiger partial charge < -0.3 is 10.2 Å². The molecule has 5 nitrogen and oxygen atoms in total. The van der Waals surface area contributed by atoms with E-state index >= 15 is 0 Å². The van der Waals surface area contributed by atoms with Crippen molar-refractivity contribution in [2.75, 3.05) is 24.5 Å². The number of carbonyl (C=O) groups is 1. The highest BCUT2D eigenvalue weighted by molar-refractivity contribution is 6.33. The normalized spacial score (nSPS) is 14.3. The molecule has 0 saturated carbocycles. The third-order valence-electron chi connectivity index (χ3n) is 3.84. The van der Waals surface area contributed by atoms with Crippen LogP contribution in [0.5, 0.6) is 0 Å². The van der Waals surface area contributed by atoms with Gasteiger partial charge in [-0.15, -0.1) is 0 Å². The number of hydrogen-bond acceptors (Lipinski definition) is 3. The van der Waals surface area contributed by atoms with E-state index < -0.39 is 0 Å². The third-order valence-corrected chi connectivity index (χ3v) is 4.15. The summed E-state index contributed by atoms with van der Waals surface area (Å²) in [5.74, 6) is -0.109. The van der Waals surface area contributed by atoms with E-state index in [1.807, 2.05) is 24.4 Å². The van der Waals surface area contributed by atoms with Gasteiger partial charge in [0.2, 0.25) is 0 Å². The number of anilines is 1. The van der Waals surface area contributed by atoms with Gasteiger partial charge in [0.05, 0.1) is 17.3 Å². The van der Waals surface area contributed by atoms with E-state index in [9.17, 15) is 4.79 Å². The zero-order valence-electron chi connectivity index (χ0n) is 12.3. The zero-order valence-corrected chi connectivity index (χ0v) is 13.1. The molecule has 1 aromatic heterocycles. The highest BCUT2D eigenvalue weighted by atomic mass is 35.5. The standard InChI is InChI=1S/C16H19ClN4O/c17-14-12-13(4-5-15(14)20-8-1-2-9-20)16(22)18-7-11-21-10-3-6-19-21/h3-6,10,12H,1-2,7-9,11H2,(H,18,22). The molecule has 1 fully saturated rings. The van der Waals surface area contributed by atoms with Crippen molar-refractivity contribution in [1.29, 1.82) is 0 Å². The second-order valence-corrected chi connectivity index (χ2v) is 5.79. The lowest BCUT2D eigenvalue weighted by Crippen LogP contribution is -2.27. The number of nitrogens with one attached hydrogen (secondary N) is 1. The van der Waals surface area contributed by atoms with E-state index in [0.717, 1.165) is 18.8 Å². The molecule has 0 spiro atoms. The molecule has 0 bridgehead atoms. The average molecular weight is 319 g/mol. The van der Waals surface area contributed by atoms with Crippen LogP contribution in [0.15, 0.2) is 36.7 Å². The first-order valence-corrected chi connectivity index (χ1v) is 7.92. The van der Waals surface area contributed by atoms with Crippen molar-refractivity contribution in [2.24, 2.45) is 0 Å². The maximum Gasteiger partial charge on any atom is 0.251 e. The van der Waals surface area contributed by atoms with Gasteiger partial charge >= 0.3 is 0 Å². The molecule has 0 radical (unpaired) electrons. The number of benzene rings is 1. The van der Waals surface area contributed by atoms with Crippen molar-refractivity contribution >= 4 is 23.2 Å². The van der Waals surface area contributed by atoms with Crippen LogP contribution < -0.4 is 10.2 Å². The van der Waals surface area contributed by atoms with Gasteiger partial charge in [0.25, 0.3) is 5.91 Å². The molecule has 1 saturated heterocycles. The van der Waals surface area contributed by atoms with Crippen molar-refractivity contribution in [3.8, 4) is 0 Å². The Balaban J connectivity index is 1.59. The molecule has 1 aromatic carbocycles. The van der Waals surface area contributed by atoms with Gasteiger partial charge in [0, 0.05) is 37.6 Å². The van der Waals surface area contributed by atoms with Crippen molar-refractivity contribution in [2.45, 2.75) is 19.4 Å². The Morgan fingerprint density at radius 2 is 2.14 bits per heavy atom. The lowest BCUT2D eigenvalue weighted by atomic mass is 10.2. The third kappa shape index (κ3) is 3.42. The molecule has 0 atom stereocenters. The van der Waals surface area contributed by atoms with Gasteiger partial charge in [-0.2, -0.15) is 5.10 Å². The number of aromatic nitrogens is 2. The van der Waals surface area contributed by atoms with Gasteiger partial charge in [-0.05, 0) is 37.1 Å². The molecule has 3 rings (SSSR count). The van der Waals surface area contributed by atoms with Crippen LogP contribution in [-0.2, 0) is 6.54 Å². The summed E-state index contributed by atoms with van der Waals surface area (Å²) in [7, 11) is 0. The van der Waals surface area contributed by atoms with Crippen LogP contribution in [0.4, 0.5) is 5.69 Å². The van der Waals surface area contributed by atoms with Gasteiger partial charge in [0.1, 0.15) is 0 Å². The highest BCUT2D eigenvalue weighted by Gasteiger charge is 2.16. The first-order chi connectivity index (χ1) is 10.7. The molecular formula is C16H19ClN4O. The van der Waals surface area contributed by atoms with Gasteiger partial charge in [-0.25, -0.2) is 0 Å². The van der Waals surface area contributed by atoms with Crippen LogP contribution in [-0.4, -0.2) is 35.3 Å². The smallest absolute Gasteiger partial charge is 0.251 e. The minimum Gasteiger partial charge on any atom is -0.370 e. The predicted molar refractivity (Wildman–Crippen MR) is 87.5 cm³/mol. The average Bonchev–Trinajstić information content (AvgIpc) is 3.20.